The molecule has 19 heavy (non-hydrogen) atoms. The molecule has 4 nitrogen and oxygen atoms in total. The van der Waals surface area contributed by atoms with Gasteiger partial charge in [0.05, 0.1) is 0 Å². The first-order valence-corrected chi connectivity index (χ1v) is 8.29. The van der Waals surface area contributed by atoms with Crippen LogP contribution in [0.15, 0.2) is 11.5 Å². The molecule has 6 heteroatoms. The number of hydrogen-bond acceptors (Lipinski definition) is 5. The number of carbonyl (C=O) groups excluding carboxylic acids is 1. The van der Waals surface area contributed by atoms with Crippen molar-refractivity contribution in [2.45, 2.75) is 39.5 Å². The van der Waals surface area contributed by atoms with Gasteiger partial charge in [0.1, 0.15) is 5.01 Å². The highest BCUT2D eigenvalue weighted by atomic mass is 32.2. The molecule has 0 unspecified atom stereocenters. The van der Waals surface area contributed by atoms with Crippen LogP contribution < -0.4 is 5.32 Å². The summed E-state index contributed by atoms with van der Waals surface area (Å²) in [5.74, 6) is 0.813. The van der Waals surface area contributed by atoms with Gasteiger partial charge in [-0.25, -0.2) is 0 Å². The Kier molecular flexibility index (Phi) is 6.51. The van der Waals surface area contributed by atoms with E-state index < -0.39 is 0 Å². The number of nitrogens with zero attached hydrogens (tertiary/aromatic N) is 2. The summed E-state index contributed by atoms with van der Waals surface area (Å²) in [6.45, 7) is 9.87. The minimum absolute atomic E-state index is 0.111. The zero-order valence-electron chi connectivity index (χ0n) is 11.9. The topological polar surface area (TPSA) is 54.9 Å². The summed E-state index contributed by atoms with van der Waals surface area (Å²) in [6, 6.07) is 0. The van der Waals surface area contributed by atoms with Gasteiger partial charge in [0.2, 0.25) is 11.0 Å². The summed E-state index contributed by atoms with van der Waals surface area (Å²) in [5.41, 5.74) is 0. The van der Waals surface area contributed by atoms with E-state index in [0.29, 0.717) is 17.0 Å². The molecule has 0 saturated heterocycles. The molecule has 0 aromatic carbocycles. The van der Waals surface area contributed by atoms with E-state index >= 15 is 0 Å². The molecule has 2 atom stereocenters. The summed E-state index contributed by atoms with van der Waals surface area (Å²) < 4.78 is 0. The summed E-state index contributed by atoms with van der Waals surface area (Å²) in [7, 11) is 0. The van der Waals surface area contributed by atoms with Crippen LogP contribution in [0, 0.1) is 5.92 Å². The normalized spacial score (nSPS) is 13.9. The van der Waals surface area contributed by atoms with Crippen LogP contribution in [0.25, 0.3) is 0 Å². The van der Waals surface area contributed by atoms with E-state index in [0.717, 1.165) is 17.8 Å². The van der Waals surface area contributed by atoms with E-state index in [1.54, 1.807) is 11.8 Å². The van der Waals surface area contributed by atoms with Crippen LogP contribution in [-0.4, -0.2) is 22.4 Å². The third-order valence-corrected chi connectivity index (χ3v) is 4.58. The zero-order valence-corrected chi connectivity index (χ0v) is 13.5. The molecule has 1 aromatic heterocycles. The van der Waals surface area contributed by atoms with Crippen molar-refractivity contribution in [1.29, 1.82) is 0 Å². The Morgan fingerprint density at radius 1 is 1.47 bits per heavy atom. The molecule has 0 fully saturated rings. The van der Waals surface area contributed by atoms with E-state index in [9.17, 15) is 4.79 Å². The van der Waals surface area contributed by atoms with Gasteiger partial charge in [-0.3, -0.25) is 4.79 Å². The molecular weight excluding hydrogens is 278 g/mol. The van der Waals surface area contributed by atoms with Crippen LogP contribution >= 0.6 is 23.1 Å². The van der Waals surface area contributed by atoms with Crippen molar-refractivity contribution < 1.29 is 4.79 Å². The standard InChI is InChI=1S/C13H21N3OS2/c1-8(7-10(3)18-5)6-9(2)12-15-16-13(19-12)14-11(4)17/h8-9H,3,6-7H2,1-2,4-5H3,(H,14,16,17)/t8-,9+/m1/s1. The average molecular weight is 299 g/mol. The van der Waals surface area contributed by atoms with Crippen LogP contribution in [0.2, 0.25) is 0 Å². The predicted octanol–water partition coefficient (Wildman–Crippen LogP) is 3.89. The number of amides is 1. The number of anilines is 1. The molecule has 1 heterocycles. The van der Waals surface area contributed by atoms with Crippen molar-refractivity contribution in [2.75, 3.05) is 11.6 Å². The predicted molar refractivity (Wildman–Crippen MR) is 83.7 cm³/mol. The van der Waals surface area contributed by atoms with E-state index in [-0.39, 0.29) is 5.91 Å². The highest BCUT2D eigenvalue weighted by molar-refractivity contribution is 8.02. The van der Waals surface area contributed by atoms with E-state index in [1.165, 1.54) is 23.2 Å². The van der Waals surface area contributed by atoms with Gasteiger partial charge in [-0.15, -0.1) is 22.0 Å². The van der Waals surface area contributed by atoms with Gasteiger partial charge in [-0.05, 0) is 29.9 Å². The van der Waals surface area contributed by atoms with Crippen molar-refractivity contribution in [3.63, 3.8) is 0 Å². The summed E-state index contributed by atoms with van der Waals surface area (Å²) in [5, 5.41) is 12.3. The Morgan fingerprint density at radius 3 is 2.74 bits per heavy atom. The Bertz CT molecular complexity index is 445. The molecule has 1 amide bonds. The SMILES string of the molecule is C=C(C[C@H](C)C[C@H](C)c1nnc(NC(C)=O)s1)SC. The first-order valence-electron chi connectivity index (χ1n) is 6.25. The fourth-order valence-corrected chi connectivity index (χ4v) is 3.20. The Labute approximate surface area is 123 Å². The molecular formula is C13H21N3OS2. The van der Waals surface area contributed by atoms with Crippen molar-refractivity contribution in [3.05, 3.63) is 16.5 Å². The van der Waals surface area contributed by atoms with Gasteiger partial charge in [0, 0.05) is 12.8 Å². The lowest BCUT2D eigenvalue weighted by atomic mass is 9.95. The Hall–Kier alpha value is -0.880. The van der Waals surface area contributed by atoms with Gasteiger partial charge in [0.15, 0.2) is 0 Å². The highest BCUT2D eigenvalue weighted by Crippen LogP contribution is 2.31. The molecule has 0 bridgehead atoms. The quantitative estimate of drug-likeness (QED) is 0.830. The number of allylic oxidation sites excluding steroid dienone is 1. The first kappa shape index (κ1) is 16.2. The summed E-state index contributed by atoms with van der Waals surface area (Å²) in [4.78, 5) is 12.2. The maximum atomic E-state index is 10.9. The summed E-state index contributed by atoms with van der Waals surface area (Å²) >= 11 is 3.17. The second kappa shape index (κ2) is 7.65. The van der Waals surface area contributed by atoms with Gasteiger partial charge in [-0.2, -0.15) is 0 Å². The third kappa shape index (κ3) is 5.74. The van der Waals surface area contributed by atoms with Gasteiger partial charge in [0.25, 0.3) is 0 Å². The number of thioether (sulfide) groups is 1. The number of carbonyl (C=O) groups is 1. The lowest BCUT2D eigenvalue weighted by Crippen LogP contribution is -2.04. The molecule has 0 spiro atoms. The fourth-order valence-electron chi connectivity index (χ4n) is 1.89. The van der Waals surface area contributed by atoms with Gasteiger partial charge in [-0.1, -0.05) is 31.8 Å². The van der Waals surface area contributed by atoms with Crippen molar-refractivity contribution in [3.8, 4) is 0 Å². The van der Waals surface area contributed by atoms with Crippen LogP contribution in [-0.2, 0) is 4.79 Å². The molecule has 0 aliphatic carbocycles. The second-order valence-corrected chi connectivity index (χ2v) is 6.81. The summed E-state index contributed by atoms with van der Waals surface area (Å²) in [6.07, 6.45) is 4.14. The van der Waals surface area contributed by atoms with Crippen molar-refractivity contribution in [2.24, 2.45) is 5.92 Å². The third-order valence-electron chi connectivity index (χ3n) is 2.77. The average Bonchev–Trinajstić information content (AvgIpc) is 2.76. The van der Waals surface area contributed by atoms with Crippen LogP contribution in [0.5, 0.6) is 0 Å². The van der Waals surface area contributed by atoms with Crippen LogP contribution in [0.3, 0.4) is 0 Å². The van der Waals surface area contributed by atoms with Crippen LogP contribution in [0.4, 0.5) is 5.13 Å². The minimum atomic E-state index is -0.111. The minimum Gasteiger partial charge on any atom is -0.301 e. The van der Waals surface area contributed by atoms with E-state index in [4.69, 9.17) is 0 Å². The first-order chi connectivity index (χ1) is 8.92. The maximum absolute atomic E-state index is 10.9. The molecule has 106 valence electrons. The molecule has 0 saturated carbocycles. The lowest BCUT2D eigenvalue weighted by molar-refractivity contribution is -0.114. The van der Waals surface area contributed by atoms with Crippen LogP contribution in [0.1, 0.15) is 44.5 Å². The molecule has 1 N–H and O–H groups in total. The number of hydrogen-bond donors (Lipinski definition) is 1. The smallest absolute Gasteiger partial charge is 0.223 e. The lowest BCUT2D eigenvalue weighted by Gasteiger charge is -2.15. The van der Waals surface area contributed by atoms with Crippen molar-refractivity contribution in [1.82, 2.24) is 10.2 Å². The number of aromatic nitrogens is 2. The maximum Gasteiger partial charge on any atom is 0.223 e. The van der Waals surface area contributed by atoms with Crippen molar-refractivity contribution >= 4 is 34.1 Å². The monoisotopic (exact) mass is 299 g/mol. The zero-order chi connectivity index (χ0) is 14.4. The Balaban J connectivity index is 2.53. The van der Waals surface area contributed by atoms with Gasteiger partial charge >= 0.3 is 0 Å². The number of nitrogens with one attached hydrogen (secondary N) is 1. The van der Waals surface area contributed by atoms with E-state index in [2.05, 4.69) is 42.2 Å². The van der Waals surface area contributed by atoms with E-state index in [1.807, 2.05) is 0 Å². The second-order valence-electron chi connectivity index (χ2n) is 4.82. The Morgan fingerprint density at radius 2 is 2.16 bits per heavy atom. The number of rotatable bonds is 7. The fraction of sp³-hybridized carbons (Fsp3) is 0.615. The molecule has 1 rings (SSSR count). The molecule has 0 radical (unpaired) electrons. The largest absolute Gasteiger partial charge is 0.301 e. The molecule has 0 aliphatic rings. The molecule has 1 aromatic rings. The highest BCUT2D eigenvalue weighted by Gasteiger charge is 2.16. The molecule has 0 aliphatic heterocycles. The van der Waals surface area contributed by atoms with Gasteiger partial charge < -0.3 is 5.32 Å².